The van der Waals surface area contributed by atoms with Gasteiger partial charge >= 0.3 is 0 Å². The van der Waals surface area contributed by atoms with Gasteiger partial charge in [0, 0.05) is 7.05 Å². The fourth-order valence-electron chi connectivity index (χ4n) is 2.14. The average Bonchev–Trinajstić information content (AvgIpc) is 2.64. The van der Waals surface area contributed by atoms with Gasteiger partial charge in [0.05, 0.1) is 25.7 Å². The lowest BCUT2D eigenvalue weighted by Crippen LogP contribution is -2.58. The zero-order chi connectivity index (χ0) is 16.3. The zero-order valence-corrected chi connectivity index (χ0v) is 15.3. The highest BCUT2D eigenvalue weighted by Gasteiger charge is 2.69. The number of carbonyl (C=O) groups is 2. The number of fused-ring (bicyclic) bond motifs is 1. The van der Waals surface area contributed by atoms with Crippen LogP contribution in [0.1, 0.15) is 0 Å². The summed E-state index contributed by atoms with van der Waals surface area (Å²) in [6.07, 6.45) is 0. The van der Waals surface area contributed by atoms with E-state index in [1.807, 2.05) is 0 Å². The standard InChI is InChI=1S/C11H4Cl7NO2/c1-19-9(21)11(18)7(15)4(13)3(12)2-6(20)5(14)8(16)10(2,11)17/h1H3,(H,19,21)/t10-,11-/m0/s1. The van der Waals surface area contributed by atoms with Gasteiger partial charge < -0.3 is 5.32 Å². The molecule has 2 atom stereocenters. The van der Waals surface area contributed by atoms with E-state index in [0.29, 0.717) is 0 Å². The van der Waals surface area contributed by atoms with E-state index in [9.17, 15) is 9.59 Å². The molecule has 3 nitrogen and oxygen atoms in total. The highest BCUT2D eigenvalue weighted by Crippen LogP contribution is 2.63. The molecule has 21 heavy (non-hydrogen) atoms. The third kappa shape index (κ3) is 1.96. The second-order valence-electron chi connectivity index (χ2n) is 4.17. The van der Waals surface area contributed by atoms with Crippen molar-refractivity contribution in [1.29, 1.82) is 0 Å². The lowest BCUT2D eigenvalue weighted by atomic mass is 9.81. The zero-order valence-electron chi connectivity index (χ0n) is 9.96. The Balaban J connectivity index is 2.94. The number of allylic oxidation sites excluding steroid dienone is 5. The normalized spacial score (nSPS) is 32.9. The minimum Gasteiger partial charge on any atom is -0.357 e. The summed E-state index contributed by atoms with van der Waals surface area (Å²) in [6, 6.07) is 0. The molecule has 0 heterocycles. The van der Waals surface area contributed by atoms with Gasteiger partial charge in [-0.15, -0.1) is 11.6 Å². The molecule has 2 aliphatic carbocycles. The van der Waals surface area contributed by atoms with Crippen LogP contribution in [0.4, 0.5) is 0 Å². The van der Waals surface area contributed by atoms with Crippen molar-refractivity contribution in [3.63, 3.8) is 0 Å². The molecule has 1 N–H and O–H groups in total. The highest BCUT2D eigenvalue weighted by atomic mass is 35.5. The Labute approximate surface area is 154 Å². The van der Waals surface area contributed by atoms with Crippen LogP contribution in [0.3, 0.4) is 0 Å². The molecule has 0 fully saturated rings. The lowest BCUT2D eigenvalue weighted by Gasteiger charge is -2.42. The highest BCUT2D eigenvalue weighted by molar-refractivity contribution is 6.66. The molecule has 0 bridgehead atoms. The number of nitrogens with one attached hydrogen (secondary N) is 1. The minimum absolute atomic E-state index is 0.254. The average molecular weight is 430 g/mol. The van der Waals surface area contributed by atoms with Crippen LogP contribution in [0.5, 0.6) is 0 Å². The molecule has 2 rings (SSSR count). The number of ketones is 1. The molecule has 0 aliphatic heterocycles. The predicted molar refractivity (Wildman–Crippen MR) is 86.6 cm³/mol. The topological polar surface area (TPSA) is 46.2 Å². The van der Waals surface area contributed by atoms with E-state index in [2.05, 4.69) is 5.32 Å². The maximum atomic E-state index is 12.3. The molecule has 0 aromatic heterocycles. The van der Waals surface area contributed by atoms with Crippen LogP contribution in [0, 0.1) is 0 Å². The number of halogens is 7. The van der Waals surface area contributed by atoms with E-state index in [0.717, 1.165) is 0 Å². The predicted octanol–water partition coefficient (Wildman–Crippen LogP) is 4.16. The maximum absolute atomic E-state index is 12.3. The summed E-state index contributed by atoms with van der Waals surface area (Å²) in [5, 5.41) is 0.674. The number of hydrogen-bond donors (Lipinski definition) is 1. The summed E-state index contributed by atoms with van der Waals surface area (Å²) in [5.41, 5.74) is -0.283. The fraction of sp³-hybridized carbons (Fsp3) is 0.273. The molecular weight excluding hydrogens is 426 g/mol. The van der Waals surface area contributed by atoms with E-state index in [-0.39, 0.29) is 25.7 Å². The molecule has 0 saturated heterocycles. The van der Waals surface area contributed by atoms with Crippen molar-refractivity contribution in [2.24, 2.45) is 0 Å². The first-order valence-corrected chi connectivity index (χ1v) is 7.88. The number of alkyl halides is 2. The smallest absolute Gasteiger partial charge is 0.249 e. The van der Waals surface area contributed by atoms with Crippen molar-refractivity contribution in [3.05, 3.63) is 30.7 Å². The van der Waals surface area contributed by atoms with Crippen molar-refractivity contribution in [1.82, 2.24) is 5.32 Å². The summed E-state index contributed by atoms with van der Waals surface area (Å²) in [5.74, 6) is -1.58. The molecular formula is C11H4Cl7NO2. The van der Waals surface area contributed by atoms with Crippen LogP contribution >= 0.6 is 81.2 Å². The van der Waals surface area contributed by atoms with Crippen molar-refractivity contribution in [2.45, 2.75) is 9.75 Å². The van der Waals surface area contributed by atoms with Gasteiger partial charge in [0.15, 0.2) is 4.87 Å². The van der Waals surface area contributed by atoms with Gasteiger partial charge in [-0.2, -0.15) is 0 Å². The van der Waals surface area contributed by atoms with Crippen LogP contribution in [-0.2, 0) is 9.59 Å². The molecule has 0 radical (unpaired) electrons. The quantitative estimate of drug-likeness (QED) is 0.636. The van der Waals surface area contributed by atoms with E-state index in [1.165, 1.54) is 7.05 Å². The third-order valence-electron chi connectivity index (χ3n) is 3.19. The summed E-state index contributed by atoms with van der Waals surface area (Å²) in [7, 11) is 1.31. The Morgan fingerprint density at radius 3 is 1.95 bits per heavy atom. The second kappa shape index (κ2) is 5.48. The Morgan fingerprint density at radius 1 is 0.952 bits per heavy atom. The van der Waals surface area contributed by atoms with Crippen LogP contribution in [0.15, 0.2) is 30.7 Å². The summed E-state index contributed by atoms with van der Waals surface area (Å²) in [4.78, 5) is 20.2. The molecule has 0 aromatic rings. The first-order chi connectivity index (χ1) is 9.56. The molecule has 114 valence electrons. The minimum atomic E-state index is -2.17. The SMILES string of the molecule is CNC(=O)[C@@]1(Cl)C(Cl)=C(Cl)C(Cl)=C2C(=O)C(Cl)=C(Cl)[C@@]21Cl. The Morgan fingerprint density at radius 2 is 1.48 bits per heavy atom. The van der Waals surface area contributed by atoms with E-state index in [1.54, 1.807) is 0 Å². The summed E-state index contributed by atoms with van der Waals surface area (Å²) in [6.45, 7) is 0. The summed E-state index contributed by atoms with van der Waals surface area (Å²) >= 11 is 42.8. The Hall–Kier alpha value is 0.390. The monoisotopic (exact) mass is 427 g/mol. The molecule has 0 spiro atoms. The van der Waals surface area contributed by atoms with Gasteiger partial charge in [-0.05, 0) is 0 Å². The fourth-order valence-corrected chi connectivity index (χ4v) is 4.70. The first-order valence-electron chi connectivity index (χ1n) is 5.23. The second-order valence-corrected chi connectivity index (χ2v) is 7.19. The number of rotatable bonds is 1. The summed E-state index contributed by atoms with van der Waals surface area (Å²) < 4.78 is 0. The first kappa shape index (κ1) is 17.7. The maximum Gasteiger partial charge on any atom is 0.249 e. The van der Waals surface area contributed by atoms with E-state index >= 15 is 0 Å². The van der Waals surface area contributed by atoms with E-state index in [4.69, 9.17) is 81.2 Å². The van der Waals surface area contributed by atoms with E-state index < -0.39 is 26.5 Å². The van der Waals surface area contributed by atoms with Crippen LogP contribution in [0.25, 0.3) is 0 Å². The number of amides is 1. The van der Waals surface area contributed by atoms with Gasteiger partial charge in [-0.3, -0.25) is 9.59 Å². The van der Waals surface area contributed by atoms with Gasteiger partial charge in [0.2, 0.25) is 11.7 Å². The van der Waals surface area contributed by atoms with Gasteiger partial charge in [-0.1, -0.05) is 69.6 Å². The van der Waals surface area contributed by atoms with Gasteiger partial charge in [0.25, 0.3) is 0 Å². The number of Topliss-reactive ketones (excluding diaryl/α,β-unsaturated/α-hetero) is 1. The van der Waals surface area contributed by atoms with Crippen molar-refractivity contribution >= 4 is 92.9 Å². The molecule has 1 amide bonds. The Bertz CT molecular complexity index is 680. The van der Waals surface area contributed by atoms with Gasteiger partial charge in [-0.25, -0.2) is 0 Å². The number of hydrogen-bond acceptors (Lipinski definition) is 2. The van der Waals surface area contributed by atoms with Crippen molar-refractivity contribution < 1.29 is 9.59 Å². The van der Waals surface area contributed by atoms with Crippen molar-refractivity contribution in [3.8, 4) is 0 Å². The third-order valence-corrected chi connectivity index (χ3v) is 7.14. The molecule has 0 aromatic carbocycles. The Kier molecular flexibility index (Phi) is 4.63. The molecule has 0 saturated carbocycles. The molecule has 2 aliphatic rings. The number of carbonyl (C=O) groups excluding carboxylic acids is 2. The van der Waals surface area contributed by atoms with Crippen molar-refractivity contribution in [2.75, 3.05) is 7.05 Å². The lowest BCUT2D eigenvalue weighted by molar-refractivity contribution is -0.122. The molecule has 10 heteroatoms. The van der Waals surface area contributed by atoms with Gasteiger partial charge in [0.1, 0.15) is 9.91 Å². The van der Waals surface area contributed by atoms with Crippen LogP contribution in [-0.4, -0.2) is 28.5 Å². The van der Waals surface area contributed by atoms with Crippen LogP contribution in [0.2, 0.25) is 0 Å². The van der Waals surface area contributed by atoms with Crippen LogP contribution < -0.4 is 5.32 Å². The molecule has 0 unspecified atom stereocenters. The largest absolute Gasteiger partial charge is 0.357 e.